The Morgan fingerprint density at radius 2 is 1.89 bits per heavy atom. The minimum Gasteiger partial charge on any atom is -0.480 e. The standard InChI is InChI=1S/C14H17NO4/c16-9-6-11(12(17)18)15-13(19)14(7-8-14)10-4-2-1-3-5-10/h1-5,11,16H,6-9H2,(H,15,19)(H,17,18). The van der Waals surface area contributed by atoms with Gasteiger partial charge in [-0.2, -0.15) is 0 Å². The molecule has 1 unspecified atom stereocenters. The van der Waals surface area contributed by atoms with Crippen LogP contribution in [0.4, 0.5) is 0 Å². The first-order valence-corrected chi connectivity index (χ1v) is 6.30. The lowest BCUT2D eigenvalue weighted by molar-refractivity contribution is -0.142. The third-order valence-electron chi connectivity index (χ3n) is 3.53. The number of hydrogen-bond donors (Lipinski definition) is 3. The summed E-state index contributed by atoms with van der Waals surface area (Å²) < 4.78 is 0. The van der Waals surface area contributed by atoms with Crippen molar-refractivity contribution < 1.29 is 19.8 Å². The second-order valence-corrected chi connectivity index (χ2v) is 4.82. The van der Waals surface area contributed by atoms with Crippen LogP contribution in [0.3, 0.4) is 0 Å². The molecular weight excluding hydrogens is 246 g/mol. The molecule has 0 saturated heterocycles. The van der Waals surface area contributed by atoms with Crippen molar-refractivity contribution in [2.75, 3.05) is 6.61 Å². The van der Waals surface area contributed by atoms with E-state index in [0.29, 0.717) is 0 Å². The molecule has 102 valence electrons. The van der Waals surface area contributed by atoms with E-state index < -0.39 is 17.4 Å². The number of carboxylic acids is 1. The van der Waals surface area contributed by atoms with Crippen LogP contribution in [0.15, 0.2) is 30.3 Å². The fourth-order valence-corrected chi connectivity index (χ4v) is 2.21. The molecule has 0 aromatic heterocycles. The maximum Gasteiger partial charge on any atom is 0.326 e. The van der Waals surface area contributed by atoms with E-state index in [1.807, 2.05) is 30.3 Å². The molecule has 1 aliphatic carbocycles. The molecule has 0 bridgehead atoms. The SMILES string of the molecule is O=C(O)C(CCO)NC(=O)C1(c2ccccc2)CC1. The summed E-state index contributed by atoms with van der Waals surface area (Å²) in [4.78, 5) is 23.2. The van der Waals surface area contributed by atoms with Crippen molar-refractivity contribution in [2.24, 2.45) is 0 Å². The zero-order valence-corrected chi connectivity index (χ0v) is 10.5. The number of aliphatic hydroxyl groups excluding tert-OH is 1. The number of aliphatic carboxylic acids is 1. The molecular formula is C14H17NO4. The second-order valence-electron chi connectivity index (χ2n) is 4.82. The topological polar surface area (TPSA) is 86.6 Å². The van der Waals surface area contributed by atoms with Gasteiger partial charge in [-0.1, -0.05) is 30.3 Å². The lowest BCUT2D eigenvalue weighted by Gasteiger charge is -2.19. The van der Waals surface area contributed by atoms with Crippen LogP contribution >= 0.6 is 0 Å². The summed E-state index contributed by atoms with van der Waals surface area (Å²) in [6.07, 6.45) is 1.48. The number of rotatable bonds is 6. The van der Waals surface area contributed by atoms with Gasteiger partial charge in [-0.25, -0.2) is 4.79 Å². The van der Waals surface area contributed by atoms with E-state index in [2.05, 4.69) is 5.32 Å². The van der Waals surface area contributed by atoms with Gasteiger partial charge in [0.1, 0.15) is 6.04 Å². The molecule has 19 heavy (non-hydrogen) atoms. The lowest BCUT2D eigenvalue weighted by Crippen LogP contribution is -2.46. The molecule has 1 aliphatic rings. The highest BCUT2D eigenvalue weighted by molar-refractivity contribution is 5.93. The molecule has 1 aromatic carbocycles. The van der Waals surface area contributed by atoms with Gasteiger partial charge in [-0.15, -0.1) is 0 Å². The van der Waals surface area contributed by atoms with Gasteiger partial charge in [0, 0.05) is 13.0 Å². The molecule has 0 spiro atoms. The van der Waals surface area contributed by atoms with E-state index in [4.69, 9.17) is 10.2 Å². The van der Waals surface area contributed by atoms with Gasteiger partial charge in [0.15, 0.2) is 0 Å². The average molecular weight is 263 g/mol. The molecule has 0 radical (unpaired) electrons. The van der Waals surface area contributed by atoms with Crippen molar-refractivity contribution in [3.05, 3.63) is 35.9 Å². The molecule has 1 saturated carbocycles. The summed E-state index contributed by atoms with van der Waals surface area (Å²) in [5.41, 5.74) is 0.338. The zero-order valence-electron chi connectivity index (χ0n) is 10.5. The van der Waals surface area contributed by atoms with Gasteiger partial charge in [0.2, 0.25) is 5.91 Å². The van der Waals surface area contributed by atoms with Crippen molar-refractivity contribution in [1.29, 1.82) is 0 Å². The molecule has 3 N–H and O–H groups in total. The second kappa shape index (κ2) is 5.40. The first-order chi connectivity index (χ1) is 9.10. The van der Waals surface area contributed by atoms with Crippen LogP contribution in [0.2, 0.25) is 0 Å². The van der Waals surface area contributed by atoms with E-state index in [0.717, 1.165) is 18.4 Å². The fourth-order valence-electron chi connectivity index (χ4n) is 2.21. The minimum atomic E-state index is -1.12. The van der Waals surface area contributed by atoms with Gasteiger partial charge < -0.3 is 15.5 Å². The highest BCUT2D eigenvalue weighted by Crippen LogP contribution is 2.48. The zero-order chi connectivity index (χ0) is 13.9. The van der Waals surface area contributed by atoms with Crippen LogP contribution in [0.5, 0.6) is 0 Å². The van der Waals surface area contributed by atoms with E-state index in [9.17, 15) is 9.59 Å². The quantitative estimate of drug-likeness (QED) is 0.704. The number of nitrogens with one attached hydrogen (secondary N) is 1. The Balaban J connectivity index is 2.10. The Morgan fingerprint density at radius 1 is 1.26 bits per heavy atom. The van der Waals surface area contributed by atoms with E-state index in [1.165, 1.54) is 0 Å². The molecule has 5 nitrogen and oxygen atoms in total. The third-order valence-corrected chi connectivity index (χ3v) is 3.53. The Kier molecular flexibility index (Phi) is 3.85. The molecule has 0 aliphatic heterocycles. The van der Waals surface area contributed by atoms with E-state index >= 15 is 0 Å². The van der Waals surface area contributed by atoms with Gasteiger partial charge >= 0.3 is 5.97 Å². The number of carbonyl (C=O) groups is 2. The van der Waals surface area contributed by atoms with Crippen molar-refractivity contribution in [1.82, 2.24) is 5.32 Å². The van der Waals surface area contributed by atoms with Crippen LogP contribution in [-0.4, -0.2) is 34.7 Å². The van der Waals surface area contributed by atoms with Crippen LogP contribution in [-0.2, 0) is 15.0 Å². The van der Waals surface area contributed by atoms with E-state index in [-0.39, 0.29) is 18.9 Å². The molecule has 1 fully saturated rings. The Bertz CT molecular complexity index is 468. The van der Waals surface area contributed by atoms with Crippen molar-refractivity contribution >= 4 is 11.9 Å². The monoisotopic (exact) mass is 263 g/mol. The molecule has 2 rings (SSSR count). The van der Waals surface area contributed by atoms with Gasteiger partial charge in [0.05, 0.1) is 5.41 Å². The van der Waals surface area contributed by atoms with Crippen molar-refractivity contribution in [3.63, 3.8) is 0 Å². The Morgan fingerprint density at radius 3 is 2.37 bits per heavy atom. The van der Waals surface area contributed by atoms with Crippen LogP contribution < -0.4 is 5.32 Å². The summed E-state index contributed by atoms with van der Waals surface area (Å²) in [5.74, 6) is -1.38. The highest BCUT2D eigenvalue weighted by atomic mass is 16.4. The molecule has 1 amide bonds. The summed E-state index contributed by atoms with van der Waals surface area (Å²) in [5, 5.41) is 20.3. The van der Waals surface area contributed by atoms with Crippen LogP contribution in [0.25, 0.3) is 0 Å². The van der Waals surface area contributed by atoms with Crippen LogP contribution in [0, 0.1) is 0 Å². The molecule has 5 heteroatoms. The van der Waals surface area contributed by atoms with E-state index in [1.54, 1.807) is 0 Å². The van der Waals surface area contributed by atoms with Crippen molar-refractivity contribution in [2.45, 2.75) is 30.7 Å². The number of aliphatic hydroxyl groups is 1. The Labute approximate surface area is 111 Å². The number of carbonyl (C=O) groups excluding carboxylic acids is 1. The van der Waals surface area contributed by atoms with Crippen molar-refractivity contribution in [3.8, 4) is 0 Å². The summed E-state index contributed by atoms with van der Waals surface area (Å²) in [6, 6.07) is 8.35. The van der Waals surface area contributed by atoms with Gasteiger partial charge in [-0.05, 0) is 18.4 Å². The lowest BCUT2D eigenvalue weighted by atomic mass is 9.94. The molecule has 1 aromatic rings. The average Bonchev–Trinajstić information content (AvgIpc) is 3.20. The fraction of sp³-hybridized carbons (Fsp3) is 0.429. The largest absolute Gasteiger partial charge is 0.480 e. The highest BCUT2D eigenvalue weighted by Gasteiger charge is 2.51. The summed E-state index contributed by atoms with van der Waals surface area (Å²) in [6.45, 7) is -0.268. The number of carboxylic acid groups (broad SMARTS) is 1. The van der Waals surface area contributed by atoms with Crippen LogP contribution in [0.1, 0.15) is 24.8 Å². The van der Waals surface area contributed by atoms with Gasteiger partial charge in [-0.3, -0.25) is 4.79 Å². The maximum atomic E-state index is 12.3. The molecule has 1 atom stereocenters. The number of benzene rings is 1. The smallest absolute Gasteiger partial charge is 0.326 e. The summed E-state index contributed by atoms with van der Waals surface area (Å²) >= 11 is 0. The predicted molar refractivity (Wildman–Crippen MR) is 68.6 cm³/mol. The summed E-state index contributed by atoms with van der Waals surface area (Å²) in [7, 11) is 0. The minimum absolute atomic E-state index is 0.0198. The molecule has 0 heterocycles. The first kappa shape index (κ1) is 13.5. The third kappa shape index (κ3) is 2.76. The Hall–Kier alpha value is -1.88. The normalized spacial score (nSPS) is 17.5. The maximum absolute atomic E-state index is 12.3. The number of amides is 1. The number of hydrogen-bond acceptors (Lipinski definition) is 3. The first-order valence-electron chi connectivity index (χ1n) is 6.30. The predicted octanol–water partition coefficient (Wildman–Crippen LogP) is 0.670. The van der Waals surface area contributed by atoms with Gasteiger partial charge in [0.25, 0.3) is 0 Å².